The molecule has 0 atom stereocenters. The van der Waals surface area contributed by atoms with E-state index in [-0.39, 0.29) is 0 Å². The summed E-state index contributed by atoms with van der Waals surface area (Å²) in [6.45, 7) is 2.69. The van der Waals surface area contributed by atoms with E-state index >= 15 is 0 Å². The summed E-state index contributed by atoms with van der Waals surface area (Å²) in [5, 5.41) is 11.0. The van der Waals surface area contributed by atoms with Gasteiger partial charge in [0.25, 0.3) is 0 Å². The van der Waals surface area contributed by atoms with Crippen LogP contribution < -0.4 is 0 Å². The summed E-state index contributed by atoms with van der Waals surface area (Å²) in [4.78, 5) is 0. The van der Waals surface area contributed by atoms with Gasteiger partial charge in [0.2, 0.25) is 0 Å². The Hall–Kier alpha value is -1.31. The van der Waals surface area contributed by atoms with Gasteiger partial charge >= 0.3 is 0 Å². The molecule has 1 aliphatic rings. The van der Waals surface area contributed by atoms with Gasteiger partial charge in [-0.25, -0.2) is 4.74 Å². The molecule has 0 saturated heterocycles. The average Bonchev–Trinajstić information content (AvgIpc) is 2.04. The van der Waals surface area contributed by atoms with E-state index in [4.69, 9.17) is 0 Å². The molecule has 1 aromatic carbocycles. The molecule has 2 nitrogen and oxygen atoms in total. The van der Waals surface area contributed by atoms with Gasteiger partial charge in [-0.1, -0.05) is 12.1 Å². The van der Waals surface area contributed by atoms with Crippen LogP contribution in [0.2, 0.25) is 0 Å². The Labute approximate surface area is 71.7 Å². The van der Waals surface area contributed by atoms with Crippen molar-refractivity contribution in [1.29, 1.82) is 0 Å². The van der Waals surface area contributed by atoms with Gasteiger partial charge in [0.15, 0.2) is 12.8 Å². The van der Waals surface area contributed by atoms with Crippen molar-refractivity contribution in [1.82, 2.24) is 0 Å². The molecular formula is C10H11NO. The lowest BCUT2D eigenvalue weighted by Gasteiger charge is -2.14. The maximum atomic E-state index is 11.0. The third-order valence-electron chi connectivity index (χ3n) is 2.31. The summed E-state index contributed by atoms with van der Waals surface area (Å²) in [5.74, 6) is 0. The molecule has 0 bridgehead atoms. The highest BCUT2D eigenvalue weighted by Gasteiger charge is 2.12. The molecule has 2 heteroatoms. The van der Waals surface area contributed by atoms with Gasteiger partial charge in [0.05, 0.1) is 0 Å². The highest BCUT2D eigenvalue weighted by molar-refractivity contribution is 5.79. The Morgan fingerprint density at radius 3 is 3.08 bits per heavy atom. The molecule has 1 heterocycles. The number of aryl methyl sites for hydroxylation is 1. The minimum absolute atomic E-state index is 0.595. The maximum Gasteiger partial charge on any atom is 0.182 e. The number of hydroxylamine groups is 1. The minimum Gasteiger partial charge on any atom is -0.624 e. The number of hydrogen-bond acceptors (Lipinski definition) is 1. The molecule has 0 spiro atoms. The van der Waals surface area contributed by atoms with E-state index in [0.717, 1.165) is 16.7 Å². The van der Waals surface area contributed by atoms with Crippen molar-refractivity contribution in [2.75, 3.05) is 6.54 Å². The molecule has 0 N–H and O–H groups in total. The fourth-order valence-corrected chi connectivity index (χ4v) is 1.63. The zero-order valence-corrected chi connectivity index (χ0v) is 7.08. The van der Waals surface area contributed by atoms with Crippen LogP contribution in [-0.2, 0) is 6.42 Å². The van der Waals surface area contributed by atoms with E-state index in [1.165, 1.54) is 11.1 Å². The van der Waals surface area contributed by atoms with Crippen molar-refractivity contribution in [2.45, 2.75) is 13.3 Å². The summed E-state index contributed by atoms with van der Waals surface area (Å²) in [6.07, 6.45) is 2.55. The van der Waals surface area contributed by atoms with E-state index in [0.29, 0.717) is 6.54 Å². The van der Waals surface area contributed by atoms with E-state index in [2.05, 4.69) is 13.0 Å². The van der Waals surface area contributed by atoms with Crippen molar-refractivity contribution < 1.29 is 4.74 Å². The standard InChI is InChI=1S/C10H11NO/c1-8-3-2-4-9-7-11(12)6-5-10(8)9/h2-4,7H,5-6H2,1H3. The van der Waals surface area contributed by atoms with Gasteiger partial charge in [-0.15, -0.1) is 0 Å². The second-order valence-electron chi connectivity index (χ2n) is 3.16. The maximum absolute atomic E-state index is 11.0. The van der Waals surface area contributed by atoms with Crippen molar-refractivity contribution in [3.63, 3.8) is 0 Å². The average molecular weight is 161 g/mol. The highest BCUT2D eigenvalue weighted by atomic mass is 16.5. The summed E-state index contributed by atoms with van der Waals surface area (Å²) in [6, 6.07) is 6.07. The van der Waals surface area contributed by atoms with Crippen molar-refractivity contribution in [2.24, 2.45) is 0 Å². The van der Waals surface area contributed by atoms with Gasteiger partial charge in [0.1, 0.15) is 0 Å². The number of fused-ring (bicyclic) bond motifs is 1. The first-order chi connectivity index (χ1) is 5.77. The smallest absolute Gasteiger partial charge is 0.182 e. The molecule has 1 aliphatic heterocycles. The van der Waals surface area contributed by atoms with E-state index in [1.54, 1.807) is 6.21 Å². The Morgan fingerprint density at radius 1 is 1.42 bits per heavy atom. The van der Waals surface area contributed by atoms with E-state index < -0.39 is 0 Å². The summed E-state index contributed by atoms with van der Waals surface area (Å²) >= 11 is 0. The predicted octanol–water partition coefficient (Wildman–Crippen LogP) is 1.48. The van der Waals surface area contributed by atoms with Crippen LogP contribution in [0.1, 0.15) is 16.7 Å². The summed E-state index contributed by atoms with van der Waals surface area (Å²) in [7, 11) is 0. The topological polar surface area (TPSA) is 26.1 Å². The summed E-state index contributed by atoms with van der Waals surface area (Å²) in [5.41, 5.74) is 3.69. The fraction of sp³-hybridized carbons (Fsp3) is 0.300. The third-order valence-corrected chi connectivity index (χ3v) is 2.31. The molecule has 1 aromatic rings. The van der Waals surface area contributed by atoms with Crippen LogP contribution in [0.3, 0.4) is 0 Å². The molecule has 0 aromatic heterocycles. The third kappa shape index (κ3) is 1.09. The number of hydrogen-bond donors (Lipinski definition) is 0. The predicted molar refractivity (Wildman–Crippen MR) is 48.5 cm³/mol. The molecule has 2 rings (SSSR count). The first kappa shape index (κ1) is 7.35. The fourth-order valence-electron chi connectivity index (χ4n) is 1.63. The Morgan fingerprint density at radius 2 is 2.25 bits per heavy atom. The van der Waals surface area contributed by atoms with Crippen molar-refractivity contribution in [3.8, 4) is 0 Å². The van der Waals surface area contributed by atoms with Crippen LogP contribution in [0.25, 0.3) is 0 Å². The van der Waals surface area contributed by atoms with Crippen LogP contribution in [-0.4, -0.2) is 17.5 Å². The first-order valence-corrected chi connectivity index (χ1v) is 4.14. The molecular weight excluding hydrogens is 150 g/mol. The number of rotatable bonds is 0. The van der Waals surface area contributed by atoms with E-state index in [1.807, 2.05) is 12.1 Å². The monoisotopic (exact) mass is 161 g/mol. The molecule has 62 valence electrons. The van der Waals surface area contributed by atoms with Gasteiger partial charge in [-0.3, -0.25) is 0 Å². The van der Waals surface area contributed by atoms with Gasteiger partial charge in [0, 0.05) is 12.0 Å². The van der Waals surface area contributed by atoms with Gasteiger partial charge in [-0.05, 0) is 24.1 Å². The molecule has 0 unspecified atom stereocenters. The van der Waals surface area contributed by atoms with E-state index in [9.17, 15) is 5.21 Å². The molecule has 0 amide bonds. The van der Waals surface area contributed by atoms with Gasteiger partial charge < -0.3 is 5.21 Å². The van der Waals surface area contributed by atoms with Crippen LogP contribution in [0.4, 0.5) is 0 Å². The van der Waals surface area contributed by atoms with Crippen molar-refractivity contribution >= 4 is 6.21 Å². The molecule has 0 radical (unpaired) electrons. The van der Waals surface area contributed by atoms with Crippen molar-refractivity contribution in [3.05, 3.63) is 40.1 Å². The lowest BCUT2D eigenvalue weighted by molar-refractivity contribution is -0.453. The second-order valence-corrected chi connectivity index (χ2v) is 3.16. The quantitative estimate of drug-likeness (QED) is 0.418. The normalized spacial score (nSPS) is 15.2. The molecule has 12 heavy (non-hydrogen) atoms. The number of nitrogens with zero attached hydrogens (tertiary/aromatic N) is 1. The van der Waals surface area contributed by atoms with Crippen LogP contribution in [0, 0.1) is 12.1 Å². The largest absolute Gasteiger partial charge is 0.624 e. The molecule has 0 aliphatic carbocycles. The van der Waals surface area contributed by atoms with Crippen LogP contribution in [0.15, 0.2) is 18.2 Å². The lowest BCUT2D eigenvalue weighted by Crippen LogP contribution is -2.18. The highest BCUT2D eigenvalue weighted by Crippen LogP contribution is 2.15. The Balaban J connectivity index is 2.57. The zero-order chi connectivity index (χ0) is 8.55. The Bertz CT molecular complexity index is 342. The van der Waals surface area contributed by atoms with Gasteiger partial charge in [-0.2, -0.15) is 0 Å². The number of benzene rings is 1. The molecule has 0 saturated carbocycles. The molecule has 0 fully saturated rings. The van der Waals surface area contributed by atoms with Crippen LogP contribution in [0.5, 0.6) is 0 Å². The summed E-state index contributed by atoms with van der Waals surface area (Å²) < 4.78 is 1.00. The second kappa shape index (κ2) is 2.63. The minimum atomic E-state index is 0.595. The Kier molecular flexibility index (Phi) is 1.61. The first-order valence-electron chi connectivity index (χ1n) is 4.14. The lowest BCUT2D eigenvalue weighted by atomic mass is 9.98. The SMILES string of the molecule is Cc1cccc2c1CC[N+]([O-])=C2. The zero-order valence-electron chi connectivity index (χ0n) is 7.08. The van der Waals surface area contributed by atoms with Crippen LogP contribution >= 0.6 is 0 Å².